The number of aryl methyl sites for hydroxylation is 2. The lowest BCUT2D eigenvalue weighted by atomic mass is 10.00. The summed E-state index contributed by atoms with van der Waals surface area (Å²) in [7, 11) is -3.48. The van der Waals surface area contributed by atoms with Crippen molar-refractivity contribution in [1.82, 2.24) is 14.1 Å². The fourth-order valence-electron chi connectivity index (χ4n) is 4.99. The molecule has 0 atom stereocenters. The lowest BCUT2D eigenvalue weighted by Crippen LogP contribution is -2.51. The third-order valence-corrected chi connectivity index (χ3v) is 8.78. The summed E-state index contributed by atoms with van der Waals surface area (Å²) in [6.45, 7) is 3.80. The van der Waals surface area contributed by atoms with Crippen LogP contribution in [0.2, 0.25) is 0 Å². The topological polar surface area (TPSA) is 60.9 Å². The van der Waals surface area contributed by atoms with Crippen molar-refractivity contribution in [1.29, 1.82) is 0 Å². The summed E-state index contributed by atoms with van der Waals surface area (Å²) in [5.41, 5.74) is 5.01. The molecular weight excluding hydrogens is 410 g/mol. The largest absolute Gasteiger partial charge is 0.337 e. The van der Waals surface area contributed by atoms with Gasteiger partial charge in [-0.05, 0) is 60.1 Å². The van der Waals surface area contributed by atoms with Crippen molar-refractivity contribution >= 4 is 15.9 Å². The number of hydrogen-bond acceptors (Lipinski definition) is 4. The zero-order valence-electron chi connectivity index (χ0n) is 17.8. The third kappa shape index (κ3) is 4.14. The number of sulfonamides is 1. The summed E-state index contributed by atoms with van der Waals surface area (Å²) in [6, 6.07) is 13.9. The molecule has 3 aliphatic rings. The van der Waals surface area contributed by atoms with Gasteiger partial charge in [0.05, 0.1) is 11.4 Å². The number of fused-ring (bicyclic) bond motifs is 2. The highest BCUT2D eigenvalue weighted by molar-refractivity contribution is 7.89. The summed E-state index contributed by atoms with van der Waals surface area (Å²) >= 11 is 0. The van der Waals surface area contributed by atoms with E-state index in [9.17, 15) is 13.2 Å². The normalized spacial score (nSPS) is 19.8. The van der Waals surface area contributed by atoms with Crippen LogP contribution in [0.4, 0.5) is 0 Å². The highest BCUT2D eigenvalue weighted by atomic mass is 32.2. The molecule has 0 radical (unpaired) electrons. The van der Waals surface area contributed by atoms with Crippen LogP contribution >= 0.6 is 0 Å². The van der Waals surface area contributed by atoms with Crippen LogP contribution in [0.3, 0.4) is 0 Å². The van der Waals surface area contributed by atoms with E-state index in [2.05, 4.69) is 17.0 Å². The van der Waals surface area contributed by atoms with Gasteiger partial charge >= 0.3 is 0 Å². The second kappa shape index (κ2) is 8.37. The highest BCUT2D eigenvalue weighted by Gasteiger charge is 2.31. The van der Waals surface area contributed by atoms with E-state index in [1.165, 1.54) is 22.3 Å². The maximum Gasteiger partial charge on any atom is 0.243 e. The maximum absolute atomic E-state index is 13.1. The first-order chi connectivity index (χ1) is 15.0. The van der Waals surface area contributed by atoms with Crippen molar-refractivity contribution in [3.63, 3.8) is 0 Å². The molecule has 0 bridgehead atoms. The fraction of sp³-hybridized carbons (Fsp3) is 0.458. The summed E-state index contributed by atoms with van der Waals surface area (Å²) in [5.74, 6) is 0.129. The molecule has 0 unspecified atom stereocenters. The van der Waals surface area contributed by atoms with Crippen LogP contribution in [0.15, 0.2) is 47.4 Å². The van der Waals surface area contributed by atoms with Crippen LogP contribution in [0, 0.1) is 0 Å². The molecule has 1 fully saturated rings. The Balaban J connectivity index is 1.17. The Labute approximate surface area is 184 Å². The highest BCUT2D eigenvalue weighted by Crippen LogP contribution is 2.27. The van der Waals surface area contributed by atoms with Crippen molar-refractivity contribution in [2.75, 3.05) is 39.3 Å². The van der Waals surface area contributed by atoms with E-state index >= 15 is 0 Å². The molecule has 1 aliphatic carbocycles. The summed E-state index contributed by atoms with van der Waals surface area (Å²) < 4.78 is 27.8. The van der Waals surface area contributed by atoms with Gasteiger partial charge in [-0.3, -0.25) is 9.69 Å². The van der Waals surface area contributed by atoms with E-state index in [1.54, 1.807) is 10.4 Å². The molecule has 164 valence electrons. The average molecular weight is 440 g/mol. The number of piperazine rings is 1. The van der Waals surface area contributed by atoms with Crippen molar-refractivity contribution in [3.8, 4) is 0 Å². The second-order valence-corrected chi connectivity index (χ2v) is 10.7. The number of benzene rings is 2. The predicted octanol–water partition coefficient (Wildman–Crippen LogP) is 2.07. The molecule has 5 rings (SSSR count). The SMILES string of the molecule is O=C(CN1CCN(S(=O)(=O)c2ccc3c(c2)CCC3)CC1)N1CCc2ccccc2C1. The van der Waals surface area contributed by atoms with Gasteiger partial charge in [-0.1, -0.05) is 30.3 Å². The van der Waals surface area contributed by atoms with Crippen LogP contribution in [0.5, 0.6) is 0 Å². The van der Waals surface area contributed by atoms with E-state index in [1.807, 2.05) is 29.2 Å². The monoisotopic (exact) mass is 439 g/mol. The minimum absolute atomic E-state index is 0.129. The first-order valence-corrected chi connectivity index (χ1v) is 12.6. The van der Waals surface area contributed by atoms with Crippen molar-refractivity contribution in [3.05, 3.63) is 64.7 Å². The van der Waals surface area contributed by atoms with Gasteiger partial charge in [-0.15, -0.1) is 0 Å². The zero-order valence-corrected chi connectivity index (χ0v) is 18.6. The molecule has 1 amide bonds. The van der Waals surface area contributed by atoms with Crippen LogP contribution in [-0.4, -0.2) is 67.7 Å². The van der Waals surface area contributed by atoms with Crippen LogP contribution in [-0.2, 0) is 40.6 Å². The van der Waals surface area contributed by atoms with Gasteiger partial charge in [0.15, 0.2) is 0 Å². The lowest BCUT2D eigenvalue weighted by molar-refractivity contribution is -0.133. The summed E-state index contributed by atoms with van der Waals surface area (Å²) in [5, 5.41) is 0. The number of rotatable bonds is 4. The predicted molar refractivity (Wildman–Crippen MR) is 119 cm³/mol. The Kier molecular flexibility index (Phi) is 5.58. The van der Waals surface area contributed by atoms with E-state index in [-0.39, 0.29) is 5.91 Å². The molecule has 6 nitrogen and oxygen atoms in total. The Morgan fingerprint density at radius 3 is 2.32 bits per heavy atom. The first kappa shape index (κ1) is 20.7. The molecule has 1 saturated heterocycles. The minimum Gasteiger partial charge on any atom is -0.337 e. The number of hydrogen-bond donors (Lipinski definition) is 0. The number of nitrogens with zero attached hydrogens (tertiary/aromatic N) is 3. The van der Waals surface area contributed by atoms with Gasteiger partial charge in [-0.2, -0.15) is 4.31 Å². The van der Waals surface area contributed by atoms with Gasteiger partial charge < -0.3 is 4.90 Å². The molecule has 2 aliphatic heterocycles. The van der Waals surface area contributed by atoms with E-state index in [0.29, 0.717) is 44.2 Å². The number of carbonyl (C=O) groups excluding carboxylic acids is 1. The molecule has 31 heavy (non-hydrogen) atoms. The summed E-state index contributed by atoms with van der Waals surface area (Å²) in [6.07, 6.45) is 4.02. The van der Waals surface area contributed by atoms with Crippen molar-refractivity contribution < 1.29 is 13.2 Å². The van der Waals surface area contributed by atoms with Crippen LogP contribution < -0.4 is 0 Å². The number of amides is 1. The molecule has 0 aromatic heterocycles. The fourth-order valence-corrected chi connectivity index (χ4v) is 6.46. The Hall–Kier alpha value is -2.22. The molecule has 2 aromatic rings. The quantitative estimate of drug-likeness (QED) is 0.732. The van der Waals surface area contributed by atoms with Crippen molar-refractivity contribution in [2.45, 2.75) is 37.1 Å². The van der Waals surface area contributed by atoms with Gasteiger partial charge in [0.25, 0.3) is 0 Å². The van der Waals surface area contributed by atoms with Gasteiger partial charge in [0.1, 0.15) is 0 Å². The van der Waals surface area contributed by atoms with E-state index in [0.717, 1.165) is 32.2 Å². The standard InChI is InChI=1S/C24H29N3O3S/c28-24(26-11-10-20-4-1-2-5-22(20)17-26)18-25-12-14-27(15-13-25)31(29,30)23-9-8-19-6-3-7-21(19)16-23/h1-2,4-5,8-9,16H,3,6-7,10-15,17-18H2. The minimum atomic E-state index is -3.48. The summed E-state index contributed by atoms with van der Waals surface area (Å²) in [4.78, 5) is 17.3. The third-order valence-electron chi connectivity index (χ3n) is 6.88. The zero-order chi connectivity index (χ0) is 21.4. The van der Waals surface area contributed by atoms with E-state index < -0.39 is 10.0 Å². The molecule has 2 heterocycles. The molecule has 0 N–H and O–H groups in total. The Morgan fingerprint density at radius 1 is 0.806 bits per heavy atom. The molecular formula is C24H29N3O3S. The lowest BCUT2D eigenvalue weighted by Gasteiger charge is -2.35. The maximum atomic E-state index is 13.1. The van der Waals surface area contributed by atoms with Crippen LogP contribution in [0.25, 0.3) is 0 Å². The second-order valence-electron chi connectivity index (χ2n) is 8.80. The Bertz CT molecular complexity index is 1090. The average Bonchev–Trinajstić information content (AvgIpc) is 3.27. The van der Waals surface area contributed by atoms with Crippen LogP contribution in [0.1, 0.15) is 28.7 Å². The smallest absolute Gasteiger partial charge is 0.243 e. The number of carbonyl (C=O) groups is 1. The molecule has 0 spiro atoms. The molecule has 0 saturated carbocycles. The van der Waals surface area contributed by atoms with Gasteiger partial charge in [-0.25, -0.2) is 8.42 Å². The Morgan fingerprint density at radius 2 is 1.52 bits per heavy atom. The van der Waals surface area contributed by atoms with Crippen molar-refractivity contribution in [2.24, 2.45) is 0 Å². The van der Waals surface area contributed by atoms with Gasteiger partial charge in [0, 0.05) is 39.3 Å². The first-order valence-electron chi connectivity index (χ1n) is 11.2. The molecule has 2 aromatic carbocycles. The van der Waals surface area contributed by atoms with E-state index in [4.69, 9.17) is 0 Å². The van der Waals surface area contributed by atoms with Gasteiger partial charge in [0.2, 0.25) is 15.9 Å². The molecule has 7 heteroatoms.